The molecule has 1 saturated carbocycles. The van der Waals surface area contributed by atoms with Crippen LogP contribution in [0.1, 0.15) is 40.4 Å². The van der Waals surface area contributed by atoms with E-state index in [1.54, 1.807) is 24.3 Å². The third-order valence-electron chi connectivity index (χ3n) is 4.75. The summed E-state index contributed by atoms with van der Waals surface area (Å²) in [4.78, 5) is 13.3. The van der Waals surface area contributed by atoms with Gasteiger partial charge in [-0.25, -0.2) is 8.42 Å². The molecule has 8 heteroatoms. The quantitative estimate of drug-likeness (QED) is 0.561. The molecule has 28 heavy (non-hydrogen) atoms. The van der Waals surface area contributed by atoms with Crippen LogP contribution in [0.25, 0.3) is 0 Å². The predicted octanol–water partition coefficient (Wildman–Crippen LogP) is 4.26. The van der Waals surface area contributed by atoms with Crippen LogP contribution in [0.15, 0.2) is 64.2 Å². The Morgan fingerprint density at radius 3 is 2.54 bits per heavy atom. The number of nitrogens with zero attached hydrogens (tertiary/aromatic N) is 2. The minimum atomic E-state index is -3.86. The van der Waals surface area contributed by atoms with Crippen LogP contribution in [-0.4, -0.2) is 26.4 Å². The van der Waals surface area contributed by atoms with Gasteiger partial charge < -0.3 is 4.52 Å². The Balaban J connectivity index is 1.79. The van der Waals surface area contributed by atoms with Crippen molar-refractivity contribution < 1.29 is 17.7 Å². The number of hydrogen-bond donors (Lipinski definition) is 0. The van der Waals surface area contributed by atoms with E-state index in [1.807, 2.05) is 0 Å². The third kappa shape index (κ3) is 3.31. The Kier molecular flexibility index (Phi) is 4.72. The van der Waals surface area contributed by atoms with E-state index in [0.717, 1.165) is 17.1 Å². The lowest BCUT2D eigenvalue weighted by Crippen LogP contribution is -2.28. The molecule has 1 aliphatic rings. The highest BCUT2D eigenvalue weighted by Gasteiger charge is 2.33. The van der Waals surface area contributed by atoms with Crippen molar-refractivity contribution in [2.75, 3.05) is 11.4 Å². The molecule has 0 unspecified atom stereocenters. The maximum absolute atomic E-state index is 13.2. The molecule has 0 amide bonds. The lowest BCUT2D eigenvalue weighted by Gasteiger charge is -2.22. The maximum Gasteiger partial charge on any atom is 0.264 e. The summed E-state index contributed by atoms with van der Waals surface area (Å²) >= 11 is 6.11. The average molecular weight is 417 g/mol. The number of rotatable bonds is 6. The van der Waals surface area contributed by atoms with Crippen LogP contribution < -0.4 is 4.31 Å². The van der Waals surface area contributed by atoms with Crippen molar-refractivity contribution in [1.29, 1.82) is 0 Å². The van der Waals surface area contributed by atoms with Gasteiger partial charge in [-0.15, -0.1) is 0 Å². The summed E-state index contributed by atoms with van der Waals surface area (Å²) in [6.45, 7) is 0. The zero-order valence-electron chi connectivity index (χ0n) is 15.0. The van der Waals surface area contributed by atoms with Gasteiger partial charge in [0, 0.05) is 23.6 Å². The number of halogens is 1. The van der Waals surface area contributed by atoms with E-state index in [1.165, 1.54) is 37.6 Å². The van der Waals surface area contributed by atoms with Crippen LogP contribution in [0.5, 0.6) is 0 Å². The lowest BCUT2D eigenvalue weighted by molar-refractivity contribution is 0.103. The Hall–Kier alpha value is -2.64. The number of hydrogen-bond acceptors (Lipinski definition) is 5. The van der Waals surface area contributed by atoms with E-state index in [2.05, 4.69) is 5.16 Å². The van der Waals surface area contributed by atoms with Gasteiger partial charge in [0.2, 0.25) is 0 Å². The third-order valence-corrected chi connectivity index (χ3v) is 6.77. The number of sulfonamides is 1. The minimum absolute atomic E-state index is 0.125. The standard InChI is InChI=1S/C20H17ClN2O4S/c1-23(28(25,26)15-5-3-2-4-6-15)18-11-14(21)9-10-16(18)20(24)17-12-27-22-19(17)13-7-8-13/h2-6,9-13H,7-8H2,1H3. The summed E-state index contributed by atoms with van der Waals surface area (Å²) in [7, 11) is -2.46. The highest BCUT2D eigenvalue weighted by Crippen LogP contribution is 2.42. The van der Waals surface area contributed by atoms with Crippen molar-refractivity contribution in [1.82, 2.24) is 5.16 Å². The van der Waals surface area contributed by atoms with Gasteiger partial charge in [-0.05, 0) is 43.2 Å². The first kappa shape index (κ1) is 18.7. The topological polar surface area (TPSA) is 80.5 Å². The van der Waals surface area contributed by atoms with E-state index in [4.69, 9.17) is 16.1 Å². The van der Waals surface area contributed by atoms with Crippen molar-refractivity contribution in [3.63, 3.8) is 0 Å². The van der Waals surface area contributed by atoms with Crippen LogP contribution in [0.3, 0.4) is 0 Å². The van der Waals surface area contributed by atoms with Crippen LogP contribution >= 0.6 is 11.6 Å². The monoisotopic (exact) mass is 416 g/mol. The summed E-state index contributed by atoms with van der Waals surface area (Å²) in [6, 6.07) is 12.6. The Bertz CT molecular complexity index is 1140. The molecule has 0 atom stereocenters. The van der Waals surface area contributed by atoms with Crippen LogP contribution in [0.4, 0.5) is 5.69 Å². The molecule has 3 aromatic rings. The Labute approximate surface area is 167 Å². The smallest absolute Gasteiger partial charge is 0.264 e. The van der Waals surface area contributed by atoms with E-state index in [0.29, 0.717) is 16.3 Å². The fourth-order valence-corrected chi connectivity index (χ4v) is 4.44. The molecule has 0 saturated heterocycles. The van der Waals surface area contributed by atoms with E-state index >= 15 is 0 Å². The summed E-state index contributed by atoms with van der Waals surface area (Å²) in [6.07, 6.45) is 3.24. The average Bonchev–Trinajstić information content (AvgIpc) is 3.43. The van der Waals surface area contributed by atoms with E-state index < -0.39 is 10.0 Å². The number of ketones is 1. The highest BCUT2D eigenvalue weighted by molar-refractivity contribution is 7.92. The van der Waals surface area contributed by atoms with Gasteiger partial charge in [-0.2, -0.15) is 0 Å². The van der Waals surface area contributed by atoms with Crippen LogP contribution in [0.2, 0.25) is 5.02 Å². The SMILES string of the molecule is CN(c1cc(Cl)ccc1C(=O)c1conc1C1CC1)S(=O)(=O)c1ccccc1. The fourth-order valence-electron chi connectivity index (χ4n) is 3.05. The normalized spacial score (nSPS) is 14.1. The first-order valence-corrected chi connectivity index (χ1v) is 10.5. The first-order chi connectivity index (χ1) is 13.4. The number of benzene rings is 2. The second-order valence-corrected chi connectivity index (χ2v) is 9.07. The van der Waals surface area contributed by atoms with Crippen molar-refractivity contribution in [2.24, 2.45) is 0 Å². The predicted molar refractivity (Wildman–Crippen MR) is 105 cm³/mol. The molecular formula is C20H17ClN2O4S. The Morgan fingerprint density at radius 1 is 1.14 bits per heavy atom. The largest absolute Gasteiger partial charge is 0.364 e. The van der Waals surface area contributed by atoms with E-state index in [-0.39, 0.29) is 27.8 Å². The second kappa shape index (κ2) is 7.07. The molecule has 6 nitrogen and oxygen atoms in total. The molecule has 0 radical (unpaired) electrons. The Morgan fingerprint density at radius 2 is 1.86 bits per heavy atom. The summed E-state index contributed by atoms with van der Waals surface area (Å²) in [5.74, 6) is -0.121. The van der Waals surface area contributed by atoms with Gasteiger partial charge >= 0.3 is 0 Å². The molecule has 0 spiro atoms. The zero-order valence-corrected chi connectivity index (χ0v) is 16.6. The fraction of sp³-hybridized carbons (Fsp3) is 0.200. The van der Waals surface area contributed by atoms with Gasteiger partial charge in [0.15, 0.2) is 5.78 Å². The lowest BCUT2D eigenvalue weighted by atomic mass is 10.0. The number of carbonyl (C=O) groups is 1. The molecule has 1 heterocycles. The van der Waals surface area contributed by atoms with Crippen LogP contribution in [0, 0.1) is 0 Å². The molecule has 144 valence electrons. The van der Waals surface area contributed by atoms with Gasteiger partial charge in [0.25, 0.3) is 10.0 Å². The van der Waals surface area contributed by atoms with Gasteiger partial charge in [0.05, 0.1) is 21.8 Å². The van der Waals surface area contributed by atoms with Crippen molar-refractivity contribution >= 4 is 33.1 Å². The number of carbonyl (C=O) groups excluding carboxylic acids is 1. The van der Waals surface area contributed by atoms with Crippen LogP contribution in [-0.2, 0) is 10.0 Å². The van der Waals surface area contributed by atoms with Gasteiger partial charge in [-0.1, -0.05) is 35.0 Å². The van der Waals surface area contributed by atoms with Crippen molar-refractivity contribution in [3.05, 3.63) is 76.6 Å². The molecule has 2 aromatic carbocycles. The molecular weight excluding hydrogens is 400 g/mol. The highest BCUT2D eigenvalue weighted by atomic mass is 35.5. The first-order valence-electron chi connectivity index (χ1n) is 8.72. The summed E-state index contributed by atoms with van der Waals surface area (Å²) in [5.41, 5.74) is 1.40. The summed E-state index contributed by atoms with van der Waals surface area (Å²) in [5, 5.41) is 4.29. The molecule has 1 aromatic heterocycles. The molecule has 0 aliphatic heterocycles. The summed E-state index contributed by atoms with van der Waals surface area (Å²) < 4.78 is 32.2. The maximum atomic E-state index is 13.2. The number of anilines is 1. The molecule has 0 bridgehead atoms. The number of aromatic nitrogens is 1. The molecule has 1 fully saturated rings. The van der Waals surface area contributed by atoms with E-state index in [9.17, 15) is 13.2 Å². The van der Waals surface area contributed by atoms with Gasteiger partial charge in [0.1, 0.15) is 6.26 Å². The zero-order chi connectivity index (χ0) is 19.9. The molecule has 4 rings (SSSR count). The van der Waals surface area contributed by atoms with Crippen molar-refractivity contribution in [3.8, 4) is 0 Å². The minimum Gasteiger partial charge on any atom is -0.364 e. The molecule has 1 aliphatic carbocycles. The van der Waals surface area contributed by atoms with Crippen molar-refractivity contribution in [2.45, 2.75) is 23.7 Å². The van der Waals surface area contributed by atoms with Gasteiger partial charge in [-0.3, -0.25) is 9.10 Å². The second-order valence-electron chi connectivity index (χ2n) is 6.66. The molecule has 0 N–H and O–H groups in total.